The number of nitrogens with two attached hydrogens (primary N) is 1. The molecule has 0 aliphatic carbocycles. The minimum atomic E-state index is -4.37. The van der Waals surface area contributed by atoms with Gasteiger partial charge >= 0.3 is 6.18 Å². The quantitative estimate of drug-likeness (QED) is 0.687. The van der Waals surface area contributed by atoms with E-state index in [1.807, 2.05) is 0 Å². The second kappa shape index (κ2) is 10.1. The van der Waals surface area contributed by atoms with Crippen LogP contribution in [0.2, 0.25) is 0 Å². The number of carbonyl (C=O) groups is 2. The van der Waals surface area contributed by atoms with Gasteiger partial charge in [0.2, 0.25) is 11.8 Å². The fourth-order valence-electron chi connectivity index (χ4n) is 1.93. The lowest BCUT2D eigenvalue weighted by atomic mass is 9.96. The minimum Gasteiger partial charge on any atom is -0.355 e. The lowest BCUT2D eigenvalue weighted by Crippen LogP contribution is -2.39. The van der Waals surface area contributed by atoms with Crippen molar-refractivity contribution in [1.29, 1.82) is 0 Å². The van der Waals surface area contributed by atoms with Crippen LogP contribution >= 0.6 is 12.4 Å². The highest BCUT2D eigenvalue weighted by molar-refractivity contribution is 5.85. The van der Waals surface area contributed by atoms with Crippen LogP contribution in [0.25, 0.3) is 0 Å². The topological polar surface area (TPSA) is 84.2 Å². The Bertz CT molecular complexity index is 553. The van der Waals surface area contributed by atoms with Crippen molar-refractivity contribution in [1.82, 2.24) is 10.6 Å². The maximum absolute atomic E-state index is 12.7. The van der Waals surface area contributed by atoms with Crippen molar-refractivity contribution in [2.24, 2.45) is 5.73 Å². The van der Waals surface area contributed by atoms with Gasteiger partial charge in [-0.05, 0) is 24.0 Å². The molecule has 0 heterocycles. The van der Waals surface area contributed by atoms with E-state index in [0.29, 0.717) is 18.5 Å². The summed E-state index contributed by atoms with van der Waals surface area (Å²) in [5, 5.41) is 4.92. The molecule has 0 aliphatic rings. The third-order valence-electron chi connectivity index (χ3n) is 3.31. The molecule has 0 saturated carbocycles. The zero-order valence-corrected chi connectivity index (χ0v) is 14.0. The minimum absolute atomic E-state index is 0. The Morgan fingerprint density at radius 3 is 2.46 bits per heavy atom. The molecule has 2 amide bonds. The lowest BCUT2D eigenvalue weighted by Gasteiger charge is -2.15. The van der Waals surface area contributed by atoms with E-state index in [1.54, 1.807) is 13.0 Å². The summed E-state index contributed by atoms with van der Waals surface area (Å²) in [5.41, 5.74) is 4.96. The molecule has 1 aromatic carbocycles. The maximum atomic E-state index is 12.7. The number of benzene rings is 1. The molecule has 0 saturated heterocycles. The Kier molecular flexibility index (Phi) is 9.38. The first kappa shape index (κ1) is 22.2. The van der Waals surface area contributed by atoms with Crippen LogP contribution in [0.5, 0.6) is 0 Å². The van der Waals surface area contributed by atoms with Crippen molar-refractivity contribution in [2.45, 2.75) is 25.4 Å². The number of carbonyl (C=O) groups excluding carboxylic acids is 2. The molecule has 9 heteroatoms. The summed E-state index contributed by atoms with van der Waals surface area (Å²) in [7, 11) is 0. The first-order chi connectivity index (χ1) is 10.7. The van der Waals surface area contributed by atoms with Crippen LogP contribution in [-0.4, -0.2) is 31.4 Å². The molecule has 1 unspecified atom stereocenters. The van der Waals surface area contributed by atoms with Gasteiger partial charge in [-0.3, -0.25) is 9.59 Å². The van der Waals surface area contributed by atoms with Crippen molar-refractivity contribution in [2.75, 3.05) is 19.6 Å². The molecule has 5 nitrogen and oxygen atoms in total. The predicted molar refractivity (Wildman–Crippen MR) is 86.8 cm³/mol. The van der Waals surface area contributed by atoms with Crippen LogP contribution in [0.1, 0.15) is 30.4 Å². The first-order valence-electron chi connectivity index (χ1n) is 7.14. The van der Waals surface area contributed by atoms with Gasteiger partial charge in [-0.1, -0.05) is 25.1 Å². The lowest BCUT2D eigenvalue weighted by molar-refractivity contribution is -0.137. The summed E-state index contributed by atoms with van der Waals surface area (Å²) >= 11 is 0. The summed E-state index contributed by atoms with van der Waals surface area (Å²) in [4.78, 5) is 22.3. The fraction of sp³-hybridized carbons (Fsp3) is 0.467. The summed E-state index contributed by atoms with van der Waals surface area (Å²) in [6.07, 6.45) is -3.89. The van der Waals surface area contributed by atoms with Gasteiger partial charge in [-0.25, -0.2) is 0 Å². The molecule has 0 radical (unpaired) electrons. The van der Waals surface area contributed by atoms with E-state index in [1.165, 1.54) is 6.07 Å². The maximum Gasteiger partial charge on any atom is 0.416 e. The number of rotatable bonds is 7. The van der Waals surface area contributed by atoms with E-state index in [9.17, 15) is 22.8 Å². The Morgan fingerprint density at radius 1 is 1.21 bits per heavy atom. The third kappa shape index (κ3) is 7.65. The molecule has 1 rings (SSSR count). The van der Waals surface area contributed by atoms with Crippen molar-refractivity contribution < 1.29 is 22.8 Å². The number of hydrogen-bond donors (Lipinski definition) is 3. The second-order valence-electron chi connectivity index (χ2n) is 5.14. The smallest absolute Gasteiger partial charge is 0.355 e. The molecular formula is C15H21ClF3N3O2. The van der Waals surface area contributed by atoms with Crippen LogP contribution in [0.15, 0.2) is 24.3 Å². The van der Waals surface area contributed by atoms with Gasteiger partial charge in [-0.15, -0.1) is 12.4 Å². The molecular weight excluding hydrogens is 347 g/mol. The number of nitrogens with one attached hydrogen (secondary N) is 2. The van der Waals surface area contributed by atoms with E-state index in [4.69, 9.17) is 5.73 Å². The van der Waals surface area contributed by atoms with Crippen LogP contribution in [-0.2, 0) is 15.8 Å². The van der Waals surface area contributed by atoms with Crippen molar-refractivity contribution in [3.05, 3.63) is 35.4 Å². The molecule has 0 aliphatic heterocycles. The normalized spacial score (nSPS) is 12.0. The molecule has 1 aromatic rings. The van der Waals surface area contributed by atoms with Gasteiger partial charge in [-0.2, -0.15) is 13.2 Å². The monoisotopic (exact) mass is 367 g/mol. The number of hydrogen-bond acceptors (Lipinski definition) is 3. The Labute approximate surface area is 144 Å². The van der Waals surface area contributed by atoms with Crippen LogP contribution < -0.4 is 16.4 Å². The standard InChI is InChI=1S/C15H20F3N3O2.ClH/c1-10(5-6-20-14(23)9-21-13(22)8-19)11-3-2-4-12(7-11)15(16,17)18;/h2-4,7,10H,5-6,8-9,19H2,1H3,(H,20,23)(H,21,22);1H. The van der Waals surface area contributed by atoms with Crippen molar-refractivity contribution >= 4 is 24.2 Å². The SMILES string of the molecule is CC(CCNC(=O)CNC(=O)CN)c1cccc(C(F)(F)F)c1.Cl. The first-order valence-corrected chi connectivity index (χ1v) is 7.14. The van der Waals surface area contributed by atoms with Gasteiger partial charge in [0, 0.05) is 6.54 Å². The molecule has 0 fully saturated rings. The molecule has 4 N–H and O–H groups in total. The van der Waals surface area contributed by atoms with Crippen LogP contribution in [0.4, 0.5) is 13.2 Å². The highest BCUT2D eigenvalue weighted by atomic mass is 35.5. The Morgan fingerprint density at radius 2 is 1.88 bits per heavy atom. The fourth-order valence-corrected chi connectivity index (χ4v) is 1.93. The van der Waals surface area contributed by atoms with Gasteiger partial charge < -0.3 is 16.4 Å². The largest absolute Gasteiger partial charge is 0.416 e. The van der Waals surface area contributed by atoms with Crippen molar-refractivity contribution in [3.8, 4) is 0 Å². The molecule has 24 heavy (non-hydrogen) atoms. The molecule has 136 valence electrons. The van der Waals surface area contributed by atoms with Crippen LogP contribution in [0, 0.1) is 0 Å². The predicted octanol–water partition coefficient (Wildman–Crippen LogP) is 1.81. The summed E-state index contributed by atoms with van der Waals surface area (Å²) < 4.78 is 38.0. The highest BCUT2D eigenvalue weighted by Crippen LogP contribution is 2.31. The Balaban J connectivity index is 0.00000529. The molecule has 0 bridgehead atoms. The average Bonchev–Trinajstić information content (AvgIpc) is 2.51. The zero-order valence-electron chi connectivity index (χ0n) is 13.2. The van der Waals surface area contributed by atoms with Crippen molar-refractivity contribution in [3.63, 3.8) is 0 Å². The number of halogens is 4. The Hall–Kier alpha value is -1.80. The van der Waals surface area contributed by atoms with E-state index in [0.717, 1.165) is 12.1 Å². The number of alkyl halides is 3. The van der Waals surface area contributed by atoms with Gasteiger partial charge in [0.05, 0.1) is 18.7 Å². The van der Waals surface area contributed by atoms with E-state index < -0.39 is 17.6 Å². The molecule has 0 aromatic heterocycles. The third-order valence-corrected chi connectivity index (χ3v) is 3.31. The van der Waals surface area contributed by atoms with Gasteiger partial charge in [0.1, 0.15) is 0 Å². The highest BCUT2D eigenvalue weighted by Gasteiger charge is 2.30. The summed E-state index contributed by atoms with van der Waals surface area (Å²) in [5.74, 6) is -0.947. The zero-order chi connectivity index (χ0) is 17.5. The molecule has 0 spiro atoms. The van der Waals surface area contributed by atoms with Crippen LogP contribution in [0.3, 0.4) is 0 Å². The second-order valence-corrected chi connectivity index (χ2v) is 5.14. The number of amides is 2. The van der Waals surface area contributed by atoms with Gasteiger partial charge in [0.25, 0.3) is 0 Å². The van der Waals surface area contributed by atoms with Gasteiger partial charge in [0.15, 0.2) is 0 Å². The van der Waals surface area contributed by atoms with E-state index >= 15 is 0 Å². The summed E-state index contributed by atoms with van der Waals surface area (Å²) in [6.45, 7) is 1.72. The average molecular weight is 368 g/mol. The molecule has 1 atom stereocenters. The van der Waals surface area contributed by atoms with E-state index in [-0.39, 0.29) is 37.3 Å². The van der Waals surface area contributed by atoms with E-state index in [2.05, 4.69) is 10.6 Å². The summed E-state index contributed by atoms with van der Waals surface area (Å²) in [6, 6.07) is 5.14.